The van der Waals surface area contributed by atoms with Crippen molar-refractivity contribution >= 4 is 9.84 Å². The van der Waals surface area contributed by atoms with E-state index in [1.54, 1.807) is 12.1 Å². The van der Waals surface area contributed by atoms with Gasteiger partial charge in [-0.15, -0.1) is 0 Å². The summed E-state index contributed by atoms with van der Waals surface area (Å²) in [7, 11) is -3.28. The summed E-state index contributed by atoms with van der Waals surface area (Å²) in [6.07, 6.45) is 5.93. The molecule has 1 rings (SSSR count). The number of hydrogen-bond acceptors (Lipinski definition) is 2. The van der Waals surface area contributed by atoms with E-state index in [4.69, 9.17) is 0 Å². The molecule has 0 bridgehead atoms. The third-order valence-electron chi connectivity index (χ3n) is 2.79. The first-order valence-electron chi connectivity index (χ1n) is 6.06. The maximum Gasteiger partial charge on any atom is 0.199 e. The van der Waals surface area contributed by atoms with E-state index in [1.165, 1.54) is 31.2 Å². The molecule has 3 heteroatoms. The number of benzene rings is 1. The van der Waals surface area contributed by atoms with Gasteiger partial charge in [-0.3, -0.25) is 0 Å². The molecule has 0 radical (unpaired) electrons. The fourth-order valence-electron chi connectivity index (χ4n) is 1.70. The molecule has 94 valence electrons. The Morgan fingerprint density at radius 3 is 2.29 bits per heavy atom. The zero-order valence-electron chi connectivity index (χ0n) is 10.4. The number of hydrogen-bond donors (Lipinski definition) is 0. The molecule has 0 spiro atoms. The lowest BCUT2D eigenvalue weighted by Crippen LogP contribution is -1.95. The minimum atomic E-state index is -3.28. The Hall–Kier alpha value is -1.09. The quantitative estimate of drug-likeness (QED) is 0.693. The van der Waals surface area contributed by atoms with Gasteiger partial charge in [-0.05, 0) is 30.5 Å². The second-order valence-corrected chi connectivity index (χ2v) is 6.06. The van der Waals surface area contributed by atoms with Crippen LogP contribution in [0, 0.1) is 0 Å². The van der Waals surface area contributed by atoms with Crippen LogP contribution in [-0.2, 0) is 16.3 Å². The van der Waals surface area contributed by atoms with Crippen LogP contribution in [0.3, 0.4) is 0 Å². The third-order valence-corrected chi connectivity index (χ3v) is 4.16. The van der Waals surface area contributed by atoms with E-state index in [1.807, 2.05) is 12.1 Å². The van der Waals surface area contributed by atoms with Gasteiger partial charge in [0.05, 0.1) is 4.90 Å². The number of rotatable bonds is 7. The second kappa shape index (κ2) is 6.60. The first-order valence-corrected chi connectivity index (χ1v) is 7.61. The van der Waals surface area contributed by atoms with Gasteiger partial charge in [-0.2, -0.15) is 0 Å². The first-order chi connectivity index (χ1) is 8.10. The monoisotopic (exact) mass is 252 g/mol. The molecule has 1 aromatic carbocycles. The zero-order valence-corrected chi connectivity index (χ0v) is 11.2. The predicted molar refractivity (Wildman–Crippen MR) is 71.7 cm³/mol. The fraction of sp³-hybridized carbons (Fsp3) is 0.429. The van der Waals surface area contributed by atoms with Crippen molar-refractivity contribution in [3.05, 3.63) is 41.8 Å². The van der Waals surface area contributed by atoms with Gasteiger partial charge in [0, 0.05) is 5.41 Å². The molecule has 0 aromatic heterocycles. The maximum atomic E-state index is 11.5. The van der Waals surface area contributed by atoms with Crippen LogP contribution >= 0.6 is 0 Å². The van der Waals surface area contributed by atoms with Crippen LogP contribution in [0.25, 0.3) is 0 Å². The average Bonchev–Trinajstić information content (AvgIpc) is 2.35. The molecule has 0 saturated carbocycles. The summed E-state index contributed by atoms with van der Waals surface area (Å²) in [6.45, 7) is 5.50. The van der Waals surface area contributed by atoms with E-state index < -0.39 is 9.84 Å². The number of unbranched alkanes of at least 4 members (excludes halogenated alkanes) is 3. The molecule has 0 N–H and O–H groups in total. The van der Waals surface area contributed by atoms with E-state index in [-0.39, 0.29) is 0 Å². The molecule has 0 heterocycles. The minimum absolute atomic E-state index is 0.324. The Morgan fingerprint density at radius 2 is 1.76 bits per heavy atom. The van der Waals surface area contributed by atoms with Gasteiger partial charge >= 0.3 is 0 Å². The molecule has 0 aliphatic heterocycles. The Balaban J connectivity index is 2.60. The van der Waals surface area contributed by atoms with Crippen LogP contribution in [0.5, 0.6) is 0 Å². The van der Waals surface area contributed by atoms with Crippen molar-refractivity contribution in [3.8, 4) is 0 Å². The molecule has 0 saturated heterocycles. The number of aryl methyl sites for hydroxylation is 1. The Kier molecular flexibility index (Phi) is 5.42. The molecule has 2 nitrogen and oxygen atoms in total. The summed E-state index contributed by atoms with van der Waals surface area (Å²) in [5, 5.41) is 0.989. The SMILES string of the molecule is C=CS(=O)(=O)c1ccc(CCCCCC)cc1. The minimum Gasteiger partial charge on any atom is -0.219 e. The van der Waals surface area contributed by atoms with Crippen molar-refractivity contribution in [3.63, 3.8) is 0 Å². The highest BCUT2D eigenvalue weighted by atomic mass is 32.2. The van der Waals surface area contributed by atoms with Crippen molar-refractivity contribution in [1.29, 1.82) is 0 Å². The average molecular weight is 252 g/mol. The predicted octanol–water partition coefficient (Wildman–Crippen LogP) is 3.73. The molecule has 17 heavy (non-hydrogen) atoms. The largest absolute Gasteiger partial charge is 0.219 e. The fourth-order valence-corrected chi connectivity index (χ4v) is 2.41. The Labute approximate surface area is 104 Å². The summed E-state index contributed by atoms with van der Waals surface area (Å²) < 4.78 is 23.0. The Morgan fingerprint density at radius 1 is 1.12 bits per heavy atom. The van der Waals surface area contributed by atoms with Gasteiger partial charge in [-0.25, -0.2) is 8.42 Å². The van der Waals surface area contributed by atoms with Crippen molar-refractivity contribution in [2.24, 2.45) is 0 Å². The summed E-state index contributed by atoms with van der Waals surface area (Å²) in [5.41, 5.74) is 1.20. The number of sulfone groups is 1. The topological polar surface area (TPSA) is 34.1 Å². The molecule has 0 unspecified atom stereocenters. The van der Waals surface area contributed by atoms with E-state index in [0.29, 0.717) is 4.90 Å². The van der Waals surface area contributed by atoms with E-state index in [9.17, 15) is 8.42 Å². The molecule has 1 aromatic rings. The first kappa shape index (κ1) is 14.0. The molecule has 0 atom stereocenters. The summed E-state index contributed by atoms with van der Waals surface area (Å²) in [6, 6.07) is 7.10. The highest BCUT2D eigenvalue weighted by Crippen LogP contribution is 2.14. The lowest BCUT2D eigenvalue weighted by atomic mass is 10.1. The summed E-state index contributed by atoms with van der Waals surface area (Å²) in [5.74, 6) is 0. The molecule has 0 aliphatic rings. The highest BCUT2D eigenvalue weighted by Gasteiger charge is 2.08. The summed E-state index contributed by atoms with van der Waals surface area (Å²) >= 11 is 0. The molecular formula is C14H20O2S. The standard InChI is InChI=1S/C14H20O2S/c1-3-5-6-7-8-13-9-11-14(12-10-13)17(15,16)4-2/h4,9-12H,2-3,5-8H2,1H3. The molecule has 0 aliphatic carbocycles. The molecular weight excluding hydrogens is 232 g/mol. The van der Waals surface area contributed by atoms with E-state index >= 15 is 0 Å². The van der Waals surface area contributed by atoms with E-state index in [2.05, 4.69) is 13.5 Å². The van der Waals surface area contributed by atoms with E-state index in [0.717, 1.165) is 11.8 Å². The van der Waals surface area contributed by atoms with Crippen LogP contribution in [0.15, 0.2) is 41.1 Å². The maximum absolute atomic E-state index is 11.5. The third kappa shape index (κ3) is 4.35. The van der Waals surface area contributed by atoms with Crippen LogP contribution in [0.4, 0.5) is 0 Å². The van der Waals surface area contributed by atoms with Crippen molar-refractivity contribution in [1.82, 2.24) is 0 Å². The van der Waals surface area contributed by atoms with Crippen LogP contribution in [-0.4, -0.2) is 8.42 Å². The van der Waals surface area contributed by atoms with Crippen LogP contribution in [0.2, 0.25) is 0 Å². The molecule has 0 fully saturated rings. The van der Waals surface area contributed by atoms with Gasteiger partial charge in [0.2, 0.25) is 0 Å². The second-order valence-electron chi connectivity index (χ2n) is 4.17. The summed E-state index contributed by atoms with van der Waals surface area (Å²) in [4.78, 5) is 0.324. The normalized spacial score (nSPS) is 11.4. The van der Waals surface area contributed by atoms with Crippen molar-refractivity contribution in [2.45, 2.75) is 43.9 Å². The van der Waals surface area contributed by atoms with Gasteiger partial charge in [0.1, 0.15) is 0 Å². The smallest absolute Gasteiger partial charge is 0.199 e. The lowest BCUT2D eigenvalue weighted by Gasteiger charge is -2.03. The van der Waals surface area contributed by atoms with Gasteiger partial charge < -0.3 is 0 Å². The highest BCUT2D eigenvalue weighted by molar-refractivity contribution is 7.94. The van der Waals surface area contributed by atoms with Gasteiger partial charge in [-0.1, -0.05) is 44.9 Å². The van der Waals surface area contributed by atoms with Gasteiger partial charge in [0.25, 0.3) is 0 Å². The molecule has 0 amide bonds. The van der Waals surface area contributed by atoms with Crippen molar-refractivity contribution < 1.29 is 8.42 Å². The van der Waals surface area contributed by atoms with Crippen LogP contribution in [0.1, 0.15) is 38.2 Å². The Bertz CT molecular complexity index is 444. The zero-order chi connectivity index (χ0) is 12.7. The lowest BCUT2D eigenvalue weighted by molar-refractivity contribution is 0.604. The van der Waals surface area contributed by atoms with Crippen LogP contribution < -0.4 is 0 Å². The van der Waals surface area contributed by atoms with Gasteiger partial charge in [0.15, 0.2) is 9.84 Å². The van der Waals surface area contributed by atoms with Crippen molar-refractivity contribution in [2.75, 3.05) is 0 Å².